The van der Waals surface area contributed by atoms with E-state index in [0.717, 1.165) is 34.5 Å². The van der Waals surface area contributed by atoms with Gasteiger partial charge in [0.25, 0.3) is 0 Å². The predicted octanol–water partition coefficient (Wildman–Crippen LogP) is 10.1. The lowest BCUT2D eigenvalue weighted by Gasteiger charge is -2.62. The largest absolute Gasteiger partial charge is 0.0654 e. The number of rotatable bonds is 9. The van der Waals surface area contributed by atoms with Gasteiger partial charge < -0.3 is 0 Å². The molecular formula is C30H54. The Morgan fingerprint density at radius 3 is 1.43 bits per heavy atom. The van der Waals surface area contributed by atoms with Crippen molar-refractivity contribution in [3.05, 3.63) is 0 Å². The average molecular weight is 415 g/mol. The maximum absolute atomic E-state index is 2.35. The van der Waals surface area contributed by atoms with Crippen molar-refractivity contribution in [3.63, 3.8) is 0 Å². The van der Waals surface area contributed by atoms with Gasteiger partial charge in [0.2, 0.25) is 0 Å². The van der Waals surface area contributed by atoms with Crippen LogP contribution >= 0.6 is 0 Å². The maximum Gasteiger partial charge on any atom is -0.0287 e. The standard InChI is InChI=1S/C30H54/c1-3-5-7-9-25-11-13-27(14-12-25)28-17-21-30(22-18-28)23-29(24-30)19-15-26(16-20-29)10-8-6-4-2/h25-28H,3-24H2,1-2H3. The van der Waals surface area contributed by atoms with Crippen molar-refractivity contribution in [2.75, 3.05) is 0 Å². The first-order valence-electron chi connectivity index (χ1n) is 14.7. The number of hydrogen-bond acceptors (Lipinski definition) is 0. The van der Waals surface area contributed by atoms with Crippen molar-refractivity contribution >= 4 is 0 Å². The van der Waals surface area contributed by atoms with Gasteiger partial charge in [-0.2, -0.15) is 0 Å². The van der Waals surface area contributed by atoms with Gasteiger partial charge in [0.1, 0.15) is 0 Å². The lowest BCUT2D eigenvalue weighted by atomic mass is 9.43. The van der Waals surface area contributed by atoms with Gasteiger partial charge in [-0.3, -0.25) is 0 Å². The van der Waals surface area contributed by atoms with Gasteiger partial charge in [-0.25, -0.2) is 0 Å². The van der Waals surface area contributed by atoms with Crippen LogP contribution in [-0.2, 0) is 0 Å². The lowest BCUT2D eigenvalue weighted by molar-refractivity contribution is -0.106. The zero-order chi connectivity index (χ0) is 20.9. The fourth-order valence-electron chi connectivity index (χ4n) is 8.86. The minimum atomic E-state index is 0.822. The fourth-order valence-corrected chi connectivity index (χ4v) is 8.86. The molecule has 0 heteroatoms. The monoisotopic (exact) mass is 414 g/mol. The molecule has 174 valence electrons. The van der Waals surface area contributed by atoms with Crippen LogP contribution in [0.5, 0.6) is 0 Å². The molecule has 0 unspecified atom stereocenters. The molecule has 4 saturated carbocycles. The van der Waals surface area contributed by atoms with Gasteiger partial charge in [0.15, 0.2) is 0 Å². The summed E-state index contributed by atoms with van der Waals surface area (Å²) in [4.78, 5) is 0. The second-order valence-electron chi connectivity index (χ2n) is 12.9. The van der Waals surface area contributed by atoms with Gasteiger partial charge in [-0.1, -0.05) is 78.1 Å². The van der Waals surface area contributed by atoms with E-state index in [2.05, 4.69) is 13.8 Å². The van der Waals surface area contributed by atoms with E-state index < -0.39 is 0 Å². The van der Waals surface area contributed by atoms with Crippen LogP contribution in [0.2, 0.25) is 0 Å². The Hall–Kier alpha value is 0. The molecule has 0 nitrogen and oxygen atoms in total. The zero-order valence-electron chi connectivity index (χ0n) is 20.9. The molecule has 0 aromatic carbocycles. The molecule has 4 aliphatic carbocycles. The highest BCUT2D eigenvalue weighted by Gasteiger charge is 2.55. The molecular weight excluding hydrogens is 360 g/mol. The first-order chi connectivity index (χ1) is 14.7. The Bertz CT molecular complexity index is 470. The molecule has 30 heavy (non-hydrogen) atoms. The van der Waals surface area contributed by atoms with E-state index in [1.807, 2.05) is 0 Å². The molecule has 0 N–H and O–H groups in total. The highest BCUT2D eigenvalue weighted by molar-refractivity contribution is 5.06. The third-order valence-electron chi connectivity index (χ3n) is 10.7. The lowest BCUT2D eigenvalue weighted by Crippen LogP contribution is -2.50. The van der Waals surface area contributed by atoms with Gasteiger partial charge in [-0.15, -0.1) is 0 Å². The van der Waals surface area contributed by atoms with Crippen molar-refractivity contribution in [1.82, 2.24) is 0 Å². The quantitative estimate of drug-likeness (QED) is 0.329. The average Bonchev–Trinajstić information content (AvgIpc) is 2.76. The van der Waals surface area contributed by atoms with Crippen molar-refractivity contribution in [3.8, 4) is 0 Å². The first-order valence-corrected chi connectivity index (χ1v) is 14.7. The Morgan fingerprint density at radius 2 is 0.933 bits per heavy atom. The summed E-state index contributed by atoms with van der Waals surface area (Å²) in [7, 11) is 0. The van der Waals surface area contributed by atoms with Crippen molar-refractivity contribution in [2.45, 2.75) is 155 Å². The van der Waals surface area contributed by atoms with E-state index in [4.69, 9.17) is 0 Å². The topological polar surface area (TPSA) is 0 Å². The second kappa shape index (κ2) is 10.7. The minimum absolute atomic E-state index is 0.822. The van der Waals surface area contributed by atoms with Crippen molar-refractivity contribution in [2.24, 2.45) is 34.5 Å². The van der Waals surface area contributed by atoms with E-state index in [1.165, 1.54) is 51.4 Å². The van der Waals surface area contributed by atoms with Gasteiger partial charge in [-0.05, 0) is 112 Å². The Kier molecular flexibility index (Phi) is 8.30. The Morgan fingerprint density at radius 1 is 0.500 bits per heavy atom. The third kappa shape index (κ3) is 5.67. The van der Waals surface area contributed by atoms with Crippen molar-refractivity contribution < 1.29 is 0 Å². The van der Waals surface area contributed by atoms with Gasteiger partial charge in [0, 0.05) is 0 Å². The summed E-state index contributed by atoms with van der Waals surface area (Å²) in [5, 5.41) is 0. The molecule has 0 aromatic heterocycles. The normalized spacial score (nSPS) is 41.8. The molecule has 0 aromatic rings. The number of hydrogen-bond donors (Lipinski definition) is 0. The summed E-state index contributed by atoms with van der Waals surface area (Å²) >= 11 is 0. The first kappa shape index (κ1) is 23.2. The van der Waals surface area contributed by atoms with E-state index in [-0.39, 0.29) is 0 Å². The Labute approximate surface area is 189 Å². The van der Waals surface area contributed by atoms with E-state index in [1.54, 1.807) is 89.9 Å². The molecule has 0 radical (unpaired) electrons. The summed E-state index contributed by atoms with van der Waals surface area (Å²) in [5.41, 5.74) is 1.65. The maximum atomic E-state index is 2.35. The molecule has 0 heterocycles. The minimum Gasteiger partial charge on any atom is -0.0654 e. The second-order valence-corrected chi connectivity index (χ2v) is 12.9. The van der Waals surface area contributed by atoms with E-state index in [9.17, 15) is 0 Å². The van der Waals surface area contributed by atoms with E-state index in [0.29, 0.717) is 0 Å². The summed E-state index contributed by atoms with van der Waals surface area (Å²) in [5.74, 6) is 4.40. The molecule has 4 fully saturated rings. The molecule has 0 saturated heterocycles. The van der Waals surface area contributed by atoms with Crippen LogP contribution in [0.4, 0.5) is 0 Å². The fraction of sp³-hybridized carbons (Fsp3) is 1.00. The van der Waals surface area contributed by atoms with Crippen LogP contribution in [0.1, 0.15) is 155 Å². The summed E-state index contributed by atoms with van der Waals surface area (Å²) in [6.45, 7) is 4.69. The molecule has 4 rings (SSSR count). The molecule has 2 spiro atoms. The van der Waals surface area contributed by atoms with Crippen LogP contribution in [0, 0.1) is 34.5 Å². The summed E-state index contributed by atoms with van der Waals surface area (Å²) in [6, 6.07) is 0. The SMILES string of the molecule is CCCCCC1CCC(C2CCC3(CC2)CC2(CCC(CCCCC)CC2)C3)CC1. The van der Waals surface area contributed by atoms with Crippen LogP contribution in [0.15, 0.2) is 0 Å². The third-order valence-corrected chi connectivity index (χ3v) is 10.7. The highest BCUT2D eigenvalue weighted by Crippen LogP contribution is 2.67. The van der Waals surface area contributed by atoms with Gasteiger partial charge >= 0.3 is 0 Å². The summed E-state index contributed by atoms with van der Waals surface area (Å²) in [6.07, 6.45) is 34.1. The molecule has 0 amide bonds. The van der Waals surface area contributed by atoms with Crippen LogP contribution in [-0.4, -0.2) is 0 Å². The van der Waals surface area contributed by atoms with Crippen molar-refractivity contribution in [1.29, 1.82) is 0 Å². The molecule has 0 atom stereocenters. The predicted molar refractivity (Wildman–Crippen MR) is 132 cm³/mol. The smallest absolute Gasteiger partial charge is 0.0287 e. The molecule has 0 aliphatic heterocycles. The molecule has 4 aliphatic rings. The molecule has 0 bridgehead atoms. The zero-order valence-corrected chi connectivity index (χ0v) is 20.9. The van der Waals surface area contributed by atoms with Crippen LogP contribution < -0.4 is 0 Å². The highest BCUT2D eigenvalue weighted by atomic mass is 14.6. The van der Waals surface area contributed by atoms with Crippen LogP contribution in [0.25, 0.3) is 0 Å². The Balaban J connectivity index is 1.13. The van der Waals surface area contributed by atoms with Crippen LogP contribution in [0.3, 0.4) is 0 Å². The summed E-state index contributed by atoms with van der Waals surface area (Å²) < 4.78 is 0. The number of unbranched alkanes of at least 4 members (excludes halogenated alkanes) is 4. The van der Waals surface area contributed by atoms with E-state index >= 15 is 0 Å². The van der Waals surface area contributed by atoms with Gasteiger partial charge in [0.05, 0.1) is 0 Å².